The van der Waals surface area contributed by atoms with Crippen molar-refractivity contribution in [3.05, 3.63) is 18.2 Å². The van der Waals surface area contributed by atoms with Gasteiger partial charge in [-0.2, -0.15) is 0 Å². The van der Waals surface area contributed by atoms with E-state index in [-0.39, 0.29) is 5.41 Å². The van der Waals surface area contributed by atoms with Gasteiger partial charge in [-0.3, -0.25) is 4.79 Å². The minimum atomic E-state index is 0.235. The molecule has 3 fully saturated rings. The topological polar surface area (TPSA) is 41.4 Å². The van der Waals surface area contributed by atoms with E-state index in [1.165, 1.54) is 37.8 Å². The minimum absolute atomic E-state index is 0.235. The third-order valence-electron chi connectivity index (χ3n) is 6.52. The van der Waals surface area contributed by atoms with Crippen molar-refractivity contribution >= 4 is 5.91 Å². The predicted octanol–water partition coefficient (Wildman–Crippen LogP) is 2.83. The number of carbonyl (C=O) groups excluding carboxylic acids is 1. The first kappa shape index (κ1) is 16.1. The number of aromatic nitrogens is 2. The normalized spacial score (nSPS) is 25.7. The molecule has 0 bridgehead atoms. The molecule has 1 spiro atoms. The number of hydrogen-bond donors (Lipinski definition) is 0. The highest BCUT2D eigenvalue weighted by Crippen LogP contribution is 2.41. The van der Waals surface area contributed by atoms with Gasteiger partial charge in [-0.1, -0.05) is 19.3 Å². The Kier molecular flexibility index (Phi) is 4.37. The van der Waals surface area contributed by atoms with Crippen molar-refractivity contribution < 1.29 is 4.79 Å². The van der Waals surface area contributed by atoms with Gasteiger partial charge in [0, 0.05) is 25.2 Å². The van der Waals surface area contributed by atoms with Crippen molar-refractivity contribution in [3.63, 3.8) is 0 Å². The van der Waals surface area contributed by atoms with Gasteiger partial charge in [0.05, 0.1) is 18.6 Å². The summed E-state index contributed by atoms with van der Waals surface area (Å²) in [4.78, 5) is 21.5. The van der Waals surface area contributed by atoms with E-state index in [1.807, 2.05) is 12.5 Å². The highest BCUT2D eigenvalue weighted by atomic mass is 16.2. The molecule has 5 nitrogen and oxygen atoms in total. The van der Waals surface area contributed by atoms with Crippen LogP contribution in [0.15, 0.2) is 12.5 Å². The average Bonchev–Trinajstić information content (AvgIpc) is 3.17. The van der Waals surface area contributed by atoms with Crippen LogP contribution in [0, 0.1) is 5.41 Å². The molecule has 1 aromatic heterocycles. The summed E-state index contributed by atoms with van der Waals surface area (Å²) in [6, 6.07) is 0.589. The van der Waals surface area contributed by atoms with Gasteiger partial charge >= 0.3 is 0 Å². The summed E-state index contributed by atoms with van der Waals surface area (Å²) >= 11 is 0. The molecule has 0 radical (unpaired) electrons. The first-order valence-corrected chi connectivity index (χ1v) is 9.62. The fourth-order valence-corrected chi connectivity index (χ4v) is 4.89. The van der Waals surface area contributed by atoms with E-state index in [4.69, 9.17) is 0 Å². The van der Waals surface area contributed by atoms with Gasteiger partial charge in [-0.15, -0.1) is 0 Å². The smallest absolute Gasteiger partial charge is 0.223 e. The summed E-state index contributed by atoms with van der Waals surface area (Å²) in [5, 5.41) is 0. The van der Waals surface area contributed by atoms with Gasteiger partial charge in [0.15, 0.2) is 0 Å². The maximum Gasteiger partial charge on any atom is 0.223 e. The molecule has 4 rings (SSSR count). The van der Waals surface area contributed by atoms with Crippen LogP contribution in [-0.4, -0.2) is 51.9 Å². The van der Waals surface area contributed by atoms with Crippen LogP contribution in [-0.2, 0) is 11.3 Å². The Morgan fingerprint density at radius 1 is 1.21 bits per heavy atom. The lowest BCUT2D eigenvalue weighted by molar-refractivity contribution is -0.128. The largest absolute Gasteiger partial charge is 0.336 e. The molecule has 1 aliphatic carbocycles. The van der Waals surface area contributed by atoms with Crippen LogP contribution in [0.3, 0.4) is 0 Å². The Morgan fingerprint density at radius 3 is 2.71 bits per heavy atom. The van der Waals surface area contributed by atoms with Crippen LogP contribution in [0.4, 0.5) is 0 Å². The second kappa shape index (κ2) is 6.51. The number of carbonyl (C=O) groups is 1. The Labute approximate surface area is 145 Å². The maximum absolute atomic E-state index is 12.6. The van der Waals surface area contributed by atoms with Gasteiger partial charge in [0.1, 0.15) is 0 Å². The monoisotopic (exact) mass is 330 g/mol. The molecule has 3 heterocycles. The van der Waals surface area contributed by atoms with Gasteiger partial charge in [-0.25, -0.2) is 4.98 Å². The van der Waals surface area contributed by atoms with Crippen LogP contribution in [0.25, 0.3) is 0 Å². The molecule has 0 aromatic carbocycles. The van der Waals surface area contributed by atoms with Crippen molar-refractivity contribution in [1.29, 1.82) is 0 Å². The summed E-state index contributed by atoms with van der Waals surface area (Å²) in [5.74, 6) is 0.343. The van der Waals surface area contributed by atoms with Crippen molar-refractivity contribution in [1.82, 2.24) is 19.4 Å². The zero-order valence-electron chi connectivity index (χ0n) is 14.9. The standard InChI is InChI=1S/C19H30N4O/c1-21-9-7-19(8-10-21)11-18(24)22(14-19)13-17-12-20-15-23(17)16-5-3-2-4-6-16/h12,15-16H,2-11,13-14H2,1H3. The minimum Gasteiger partial charge on any atom is -0.336 e. The van der Waals surface area contributed by atoms with Crippen molar-refractivity contribution in [2.75, 3.05) is 26.7 Å². The predicted molar refractivity (Wildman–Crippen MR) is 93.5 cm³/mol. The third-order valence-corrected chi connectivity index (χ3v) is 6.52. The number of likely N-dealkylation sites (tertiary alicyclic amines) is 2. The second-order valence-electron chi connectivity index (χ2n) is 8.31. The maximum atomic E-state index is 12.6. The van der Waals surface area contributed by atoms with E-state index in [2.05, 4.69) is 26.4 Å². The fraction of sp³-hybridized carbons (Fsp3) is 0.789. The lowest BCUT2D eigenvalue weighted by Crippen LogP contribution is -2.39. The lowest BCUT2D eigenvalue weighted by Gasteiger charge is -2.37. The quantitative estimate of drug-likeness (QED) is 0.856. The summed E-state index contributed by atoms with van der Waals surface area (Å²) in [6.45, 7) is 3.94. The molecule has 3 aliphatic rings. The van der Waals surface area contributed by atoms with Crippen molar-refractivity contribution in [2.24, 2.45) is 5.41 Å². The average molecular weight is 330 g/mol. The molecule has 0 atom stereocenters. The Bertz CT molecular complexity index is 582. The van der Waals surface area contributed by atoms with E-state index in [9.17, 15) is 4.79 Å². The van der Waals surface area contributed by atoms with Crippen LogP contribution in [0.1, 0.15) is 63.1 Å². The molecule has 0 N–H and O–H groups in total. The van der Waals surface area contributed by atoms with E-state index in [0.29, 0.717) is 11.9 Å². The molecule has 1 aromatic rings. The molecule has 2 saturated heterocycles. The molecule has 1 saturated carbocycles. The Balaban J connectivity index is 1.44. The van der Waals surface area contributed by atoms with Crippen LogP contribution >= 0.6 is 0 Å². The molecule has 2 aliphatic heterocycles. The lowest BCUT2D eigenvalue weighted by atomic mass is 9.78. The number of piperidine rings is 1. The molecule has 132 valence electrons. The zero-order valence-corrected chi connectivity index (χ0v) is 14.9. The molecule has 0 unspecified atom stereocenters. The van der Waals surface area contributed by atoms with E-state index in [1.54, 1.807) is 0 Å². The first-order chi connectivity index (χ1) is 11.7. The molecule has 24 heavy (non-hydrogen) atoms. The fourth-order valence-electron chi connectivity index (χ4n) is 4.89. The molecule has 1 amide bonds. The van der Waals surface area contributed by atoms with E-state index < -0.39 is 0 Å². The Hall–Kier alpha value is -1.36. The number of nitrogens with zero attached hydrogens (tertiary/aromatic N) is 4. The van der Waals surface area contributed by atoms with Gasteiger partial charge in [-0.05, 0) is 51.2 Å². The molecule has 5 heteroatoms. The van der Waals surface area contributed by atoms with E-state index >= 15 is 0 Å². The first-order valence-electron chi connectivity index (χ1n) is 9.62. The number of hydrogen-bond acceptors (Lipinski definition) is 3. The third kappa shape index (κ3) is 3.10. The summed E-state index contributed by atoms with van der Waals surface area (Å²) in [6.07, 6.45) is 13.5. The number of amides is 1. The summed E-state index contributed by atoms with van der Waals surface area (Å²) < 4.78 is 2.35. The number of rotatable bonds is 3. The zero-order chi connectivity index (χ0) is 16.6. The van der Waals surface area contributed by atoms with Crippen molar-refractivity contribution in [2.45, 2.75) is 64.0 Å². The summed E-state index contributed by atoms with van der Waals surface area (Å²) in [5.41, 5.74) is 1.46. The summed E-state index contributed by atoms with van der Waals surface area (Å²) in [7, 11) is 2.18. The molecular formula is C19H30N4O. The second-order valence-corrected chi connectivity index (χ2v) is 8.31. The van der Waals surface area contributed by atoms with Gasteiger partial charge in [0.2, 0.25) is 5.91 Å². The molecular weight excluding hydrogens is 300 g/mol. The Morgan fingerprint density at radius 2 is 1.96 bits per heavy atom. The SMILES string of the molecule is CN1CCC2(CC1)CC(=O)N(Cc1cncn1C1CCCCC1)C2. The highest BCUT2D eigenvalue weighted by molar-refractivity contribution is 5.79. The van der Waals surface area contributed by atoms with Crippen LogP contribution in [0.5, 0.6) is 0 Å². The highest BCUT2D eigenvalue weighted by Gasteiger charge is 2.44. The van der Waals surface area contributed by atoms with Crippen molar-refractivity contribution in [3.8, 4) is 0 Å². The van der Waals surface area contributed by atoms with Crippen LogP contribution in [0.2, 0.25) is 0 Å². The number of imidazole rings is 1. The van der Waals surface area contributed by atoms with E-state index in [0.717, 1.165) is 45.4 Å². The van der Waals surface area contributed by atoms with Gasteiger partial charge < -0.3 is 14.4 Å². The van der Waals surface area contributed by atoms with Gasteiger partial charge in [0.25, 0.3) is 0 Å². The van der Waals surface area contributed by atoms with Crippen LogP contribution < -0.4 is 0 Å².